The summed E-state index contributed by atoms with van der Waals surface area (Å²) in [6, 6.07) is 0. The summed E-state index contributed by atoms with van der Waals surface area (Å²) in [6.45, 7) is 14.2. The van der Waals surface area contributed by atoms with E-state index in [4.69, 9.17) is 0 Å². The summed E-state index contributed by atoms with van der Waals surface area (Å²) in [5.41, 5.74) is 0.646. The first-order valence-corrected chi connectivity index (χ1v) is 4.72. The standard InChI is InChI=1S/C11H23N/c1-10(2,3)7-8-12-9-11(4,5)6/h9H,7-8H2,1-6H3. The molecule has 0 aromatic rings. The van der Waals surface area contributed by atoms with Gasteiger partial charge in [0.15, 0.2) is 0 Å². The monoisotopic (exact) mass is 169 g/mol. The fourth-order valence-corrected chi connectivity index (χ4v) is 0.738. The maximum atomic E-state index is 4.40. The van der Waals surface area contributed by atoms with Crippen molar-refractivity contribution in [2.24, 2.45) is 15.8 Å². The Labute approximate surface area is 77.3 Å². The van der Waals surface area contributed by atoms with Gasteiger partial charge in [0.05, 0.1) is 0 Å². The predicted molar refractivity (Wildman–Crippen MR) is 56.9 cm³/mol. The first kappa shape index (κ1) is 11.7. The van der Waals surface area contributed by atoms with E-state index < -0.39 is 0 Å². The van der Waals surface area contributed by atoms with Crippen LogP contribution in [0.3, 0.4) is 0 Å². The van der Waals surface area contributed by atoms with Crippen LogP contribution < -0.4 is 0 Å². The summed E-state index contributed by atoms with van der Waals surface area (Å²) in [4.78, 5) is 4.40. The van der Waals surface area contributed by atoms with Crippen molar-refractivity contribution in [3.8, 4) is 0 Å². The molecule has 0 fully saturated rings. The van der Waals surface area contributed by atoms with E-state index in [1.54, 1.807) is 0 Å². The van der Waals surface area contributed by atoms with Crippen molar-refractivity contribution in [1.82, 2.24) is 0 Å². The minimum absolute atomic E-state index is 0.234. The Bertz CT molecular complexity index is 143. The topological polar surface area (TPSA) is 12.4 Å². The highest BCUT2D eigenvalue weighted by Gasteiger charge is 2.09. The summed E-state index contributed by atoms with van der Waals surface area (Å²) in [5, 5.41) is 0. The van der Waals surface area contributed by atoms with Gasteiger partial charge in [0.1, 0.15) is 0 Å². The van der Waals surface area contributed by atoms with Crippen LogP contribution in [0, 0.1) is 10.8 Å². The van der Waals surface area contributed by atoms with Gasteiger partial charge < -0.3 is 0 Å². The molecule has 0 heterocycles. The molecule has 0 radical (unpaired) electrons. The average Bonchev–Trinajstić information content (AvgIpc) is 1.76. The molecule has 0 unspecified atom stereocenters. The second-order valence-corrected chi connectivity index (χ2v) is 5.71. The smallest absolute Gasteiger partial charge is 0.0390 e. The molecule has 0 saturated heterocycles. The third-order valence-corrected chi connectivity index (χ3v) is 1.47. The van der Waals surface area contributed by atoms with E-state index in [0.29, 0.717) is 5.41 Å². The molecule has 1 heteroatoms. The number of nitrogens with zero attached hydrogens (tertiary/aromatic N) is 1. The molecule has 0 rings (SSSR count). The Kier molecular flexibility index (Phi) is 3.95. The van der Waals surface area contributed by atoms with Crippen molar-refractivity contribution in [3.63, 3.8) is 0 Å². The van der Waals surface area contributed by atoms with Crippen LogP contribution in [0.4, 0.5) is 0 Å². The average molecular weight is 169 g/mol. The highest BCUT2D eigenvalue weighted by atomic mass is 14.7. The van der Waals surface area contributed by atoms with E-state index in [1.165, 1.54) is 6.42 Å². The number of hydrogen-bond acceptors (Lipinski definition) is 1. The highest BCUT2D eigenvalue weighted by molar-refractivity contribution is 5.63. The van der Waals surface area contributed by atoms with Crippen LogP contribution in [-0.2, 0) is 0 Å². The van der Waals surface area contributed by atoms with E-state index >= 15 is 0 Å². The Balaban J connectivity index is 3.64. The summed E-state index contributed by atoms with van der Waals surface area (Å²) in [7, 11) is 0. The molecular formula is C11H23N. The van der Waals surface area contributed by atoms with Crippen molar-refractivity contribution in [2.45, 2.75) is 48.0 Å². The van der Waals surface area contributed by atoms with Crippen LogP contribution in [0.25, 0.3) is 0 Å². The van der Waals surface area contributed by atoms with Gasteiger partial charge in [-0.25, -0.2) is 0 Å². The first-order chi connectivity index (χ1) is 5.21. The van der Waals surface area contributed by atoms with Crippen molar-refractivity contribution < 1.29 is 0 Å². The zero-order valence-electron chi connectivity index (χ0n) is 9.44. The van der Waals surface area contributed by atoms with Gasteiger partial charge >= 0.3 is 0 Å². The van der Waals surface area contributed by atoms with E-state index in [0.717, 1.165) is 6.54 Å². The summed E-state index contributed by atoms with van der Waals surface area (Å²) < 4.78 is 0. The molecule has 0 aromatic heterocycles. The normalized spacial score (nSPS) is 14.2. The fraction of sp³-hybridized carbons (Fsp3) is 0.909. The molecule has 0 amide bonds. The Morgan fingerprint density at radius 3 is 1.83 bits per heavy atom. The SMILES string of the molecule is CC(C)(C)C=NCCC(C)(C)C. The van der Waals surface area contributed by atoms with Crippen molar-refractivity contribution in [1.29, 1.82) is 0 Å². The molecule has 0 N–H and O–H groups in total. The molecule has 0 aliphatic rings. The molecule has 0 aliphatic heterocycles. The first-order valence-electron chi connectivity index (χ1n) is 4.72. The minimum atomic E-state index is 0.234. The van der Waals surface area contributed by atoms with Gasteiger partial charge in [-0.1, -0.05) is 41.5 Å². The van der Waals surface area contributed by atoms with Crippen LogP contribution in [0.5, 0.6) is 0 Å². The van der Waals surface area contributed by atoms with Gasteiger partial charge in [-0.3, -0.25) is 4.99 Å². The molecule has 0 atom stereocenters. The van der Waals surface area contributed by atoms with Gasteiger partial charge in [0.2, 0.25) is 0 Å². The van der Waals surface area contributed by atoms with E-state index in [2.05, 4.69) is 52.7 Å². The van der Waals surface area contributed by atoms with E-state index in [1.807, 2.05) is 0 Å². The van der Waals surface area contributed by atoms with Crippen LogP contribution >= 0.6 is 0 Å². The van der Waals surface area contributed by atoms with Crippen LogP contribution in [0.15, 0.2) is 4.99 Å². The molecule has 0 aromatic carbocycles. The zero-order valence-corrected chi connectivity index (χ0v) is 9.44. The maximum absolute atomic E-state index is 4.40. The van der Waals surface area contributed by atoms with Gasteiger partial charge in [0, 0.05) is 12.8 Å². The highest BCUT2D eigenvalue weighted by Crippen LogP contribution is 2.18. The lowest BCUT2D eigenvalue weighted by molar-refractivity contribution is 0.385. The third kappa shape index (κ3) is 9.67. The maximum Gasteiger partial charge on any atom is 0.0390 e. The molecule has 1 nitrogen and oxygen atoms in total. The minimum Gasteiger partial charge on any atom is -0.297 e. The molecule has 12 heavy (non-hydrogen) atoms. The molecule has 0 spiro atoms. The Morgan fingerprint density at radius 2 is 1.50 bits per heavy atom. The van der Waals surface area contributed by atoms with Crippen molar-refractivity contribution in [3.05, 3.63) is 0 Å². The lowest BCUT2D eigenvalue weighted by atomic mass is 9.92. The number of hydrogen-bond donors (Lipinski definition) is 0. The second kappa shape index (κ2) is 4.06. The van der Waals surface area contributed by atoms with Crippen LogP contribution in [0.1, 0.15) is 48.0 Å². The molecule has 0 bridgehead atoms. The molecular weight excluding hydrogens is 146 g/mol. The lowest BCUT2D eigenvalue weighted by Crippen LogP contribution is -2.09. The van der Waals surface area contributed by atoms with E-state index in [9.17, 15) is 0 Å². The largest absolute Gasteiger partial charge is 0.297 e. The predicted octanol–water partition coefficient (Wildman–Crippen LogP) is 3.54. The third-order valence-electron chi connectivity index (χ3n) is 1.47. The summed E-state index contributed by atoms with van der Waals surface area (Å²) >= 11 is 0. The lowest BCUT2D eigenvalue weighted by Gasteiger charge is -2.16. The quantitative estimate of drug-likeness (QED) is 0.561. The fourth-order valence-electron chi connectivity index (χ4n) is 0.738. The Morgan fingerprint density at radius 1 is 1.00 bits per heavy atom. The summed E-state index contributed by atoms with van der Waals surface area (Å²) in [5.74, 6) is 0. The van der Waals surface area contributed by atoms with E-state index in [-0.39, 0.29) is 5.41 Å². The molecule has 0 aliphatic carbocycles. The van der Waals surface area contributed by atoms with Gasteiger partial charge in [-0.05, 0) is 17.3 Å². The van der Waals surface area contributed by atoms with Gasteiger partial charge in [0.25, 0.3) is 0 Å². The van der Waals surface area contributed by atoms with Crippen molar-refractivity contribution >= 4 is 6.21 Å². The number of rotatable bonds is 2. The Hall–Kier alpha value is -0.330. The van der Waals surface area contributed by atoms with Gasteiger partial charge in [-0.15, -0.1) is 0 Å². The molecule has 72 valence electrons. The molecule has 0 saturated carbocycles. The zero-order chi connectivity index (χ0) is 9.83. The second-order valence-electron chi connectivity index (χ2n) is 5.71. The summed E-state index contributed by atoms with van der Waals surface area (Å²) in [6.07, 6.45) is 3.22. The van der Waals surface area contributed by atoms with Crippen LogP contribution in [0.2, 0.25) is 0 Å². The number of aliphatic imine (C=N–C) groups is 1. The van der Waals surface area contributed by atoms with Crippen LogP contribution in [-0.4, -0.2) is 12.8 Å². The van der Waals surface area contributed by atoms with Gasteiger partial charge in [-0.2, -0.15) is 0 Å². The van der Waals surface area contributed by atoms with Crippen molar-refractivity contribution in [2.75, 3.05) is 6.54 Å².